The molecule has 0 aliphatic rings. The number of urea groups is 1. The van der Waals surface area contributed by atoms with Crippen LogP contribution in [0.5, 0.6) is 11.5 Å². The topological polar surface area (TPSA) is 97.0 Å². The molecule has 0 saturated heterocycles. The second-order valence-corrected chi connectivity index (χ2v) is 8.03. The van der Waals surface area contributed by atoms with Gasteiger partial charge in [-0.1, -0.05) is 18.2 Å². The van der Waals surface area contributed by atoms with E-state index in [1.54, 1.807) is 50.4 Å². The van der Waals surface area contributed by atoms with Crippen molar-refractivity contribution < 1.29 is 22.7 Å². The van der Waals surface area contributed by atoms with E-state index < -0.39 is 10.0 Å². The number of ether oxygens (including phenoxy) is 2. The van der Waals surface area contributed by atoms with E-state index in [1.165, 1.54) is 0 Å². The van der Waals surface area contributed by atoms with Gasteiger partial charge in [-0.05, 0) is 35.4 Å². The molecule has 0 saturated carbocycles. The highest BCUT2D eigenvalue weighted by Gasteiger charge is 2.11. The van der Waals surface area contributed by atoms with Crippen molar-refractivity contribution in [2.75, 3.05) is 32.2 Å². The molecular weight excluding hydrogens is 382 g/mol. The number of carbonyl (C=O) groups excluding carboxylic acids is 1. The Labute approximate surface area is 165 Å². The number of anilines is 1. The van der Waals surface area contributed by atoms with Gasteiger partial charge in [0, 0.05) is 25.8 Å². The summed E-state index contributed by atoms with van der Waals surface area (Å²) in [5, 5.41) is 2.81. The number of hydrogen-bond donors (Lipinski definition) is 2. The number of rotatable bonds is 8. The number of methoxy groups -OCH3 is 2. The van der Waals surface area contributed by atoms with Crippen LogP contribution < -0.4 is 19.5 Å². The maximum Gasteiger partial charge on any atom is 0.317 e. The van der Waals surface area contributed by atoms with E-state index >= 15 is 0 Å². The lowest BCUT2D eigenvalue weighted by Crippen LogP contribution is -2.36. The Morgan fingerprint density at radius 1 is 1.04 bits per heavy atom. The van der Waals surface area contributed by atoms with Gasteiger partial charge in [0.2, 0.25) is 10.0 Å². The summed E-state index contributed by atoms with van der Waals surface area (Å²) < 4.78 is 35.5. The van der Waals surface area contributed by atoms with E-state index in [-0.39, 0.29) is 12.6 Å². The van der Waals surface area contributed by atoms with Crippen molar-refractivity contribution in [1.29, 1.82) is 0 Å². The minimum absolute atomic E-state index is 0.253. The SMILES string of the molecule is COc1ccc(CN(C)C(=O)NCc2cccc(NS(C)(=O)=O)c2)cc1OC. The van der Waals surface area contributed by atoms with Crippen LogP contribution in [-0.2, 0) is 23.1 Å². The first-order valence-corrected chi connectivity index (χ1v) is 10.4. The highest BCUT2D eigenvalue weighted by Crippen LogP contribution is 2.27. The molecule has 0 unspecified atom stereocenters. The Balaban J connectivity index is 1.95. The van der Waals surface area contributed by atoms with Gasteiger partial charge in [-0.3, -0.25) is 4.72 Å². The van der Waals surface area contributed by atoms with E-state index in [0.29, 0.717) is 23.7 Å². The van der Waals surface area contributed by atoms with Crippen LogP contribution in [0, 0.1) is 0 Å². The van der Waals surface area contributed by atoms with Crippen LogP contribution in [0.4, 0.5) is 10.5 Å². The third kappa shape index (κ3) is 6.34. The summed E-state index contributed by atoms with van der Waals surface area (Å²) in [6, 6.07) is 12.1. The van der Waals surface area contributed by atoms with E-state index in [0.717, 1.165) is 17.4 Å². The first-order chi connectivity index (χ1) is 13.2. The summed E-state index contributed by atoms with van der Waals surface area (Å²) in [5.74, 6) is 1.23. The number of nitrogens with one attached hydrogen (secondary N) is 2. The number of benzene rings is 2. The van der Waals surface area contributed by atoms with Crippen LogP contribution in [0.15, 0.2) is 42.5 Å². The van der Waals surface area contributed by atoms with Crippen molar-refractivity contribution in [3.63, 3.8) is 0 Å². The molecular formula is C19H25N3O5S. The average Bonchev–Trinajstić information content (AvgIpc) is 2.64. The second-order valence-electron chi connectivity index (χ2n) is 6.28. The average molecular weight is 407 g/mol. The maximum absolute atomic E-state index is 12.4. The van der Waals surface area contributed by atoms with Crippen LogP contribution in [0.1, 0.15) is 11.1 Å². The molecule has 152 valence electrons. The summed E-state index contributed by atoms with van der Waals surface area (Å²) in [5.41, 5.74) is 2.13. The summed E-state index contributed by atoms with van der Waals surface area (Å²) in [4.78, 5) is 13.9. The standard InChI is InChI=1S/C19H25N3O5S/c1-22(13-15-8-9-17(26-2)18(11-15)27-3)19(23)20-12-14-6-5-7-16(10-14)21-28(4,24)25/h5-11,21H,12-13H2,1-4H3,(H,20,23). The predicted octanol–water partition coefficient (Wildman–Crippen LogP) is 2.42. The molecule has 0 fully saturated rings. The van der Waals surface area contributed by atoms with Gasteiger partial charge in [-0.2, -0.15) is 0 Å². The van der Waals surface area contributed by atoms with E-state index in [1.807, 2.05) is 18.2 Å². The largest absolute Gasteiger partial charge is 0.493 e. The number of sulfonamides is 1. The summed E-state index contributed by atoms with van der Waals surface area (Å²) in [6.07, 6.45) is 1.09. The summed E-state index contributed by atoms with van der Waals surface area (Å²) >= 11 is 0. The maximum atomic E-state index is 12.4. The first-order valence-electron chi connectivity index (χ1n) is 8.48. The van der Waals surface area contributed by atoms with Gasteiger partial charge in [-0.25, -0.2) is 13.2 Å². The molecule has 8 nitrogen and oxygen atoms in total. The Hall–Kier alpha value is -2.94. The zero-order chi connectivity index (χ0) is 20.7. The van der Waals surface area contributed by atoms with Gasteiger partial charge in [0.05, 0.1) is 20.5 Å². The Morgan fingerprint density at radius 3 is 2.39 bits per heavy atom. The Kier molecular flexibility index (Phi) is 7.11. The van der Waals surface area contributed by atoms with Crippen LogP contribution >= 0.6 is 0 Å². The minimum atomic E-state index is -3.35. The highest BCUT2D eigenvalue weighted by molar-refractivity contribution is 7.92. The van der Waals surface area contributed by atoms with Gasteiger partial charge in [0.15, 0.2) is 11.5 Å². The fourth-order valence-electron chi connectivity index (χ4n) is 2.60. The molecule has 28 heavy (non-hydrogen) atoms. The summed E-state index contributed by atoms with van der Waals surface area (Å²) in [6.45, 7) is 0.663. The van der Waals surface area contributed by atoms with Crippen LogP contribution in [-0.4, -0.2) is 46.9 Å². The molecule has 0 bridgehead atoms. The van der Waals surface area contributed by atoms with Crippen LogP contribution in [0.3, 0.4) is 0 Å². The second kappa shape index (κ2) is 9.32. The third-order valence-electron chi connectivity index (χ3n) is 3.89. The zero-order valence-electron chi connectivity index (χ0n) is 16.4. The van der Waals surface area contributed by atoms with Crippen molar-refractivity contribution in [2.45, 2.75) is 13.1 Å². The molecule has 0 heterocycles. The monoisotopic (exact) mass is 407 g/mol. The smallest absolute Gasteiger partial charge is 0.317 e. The predicted molar refractivity (Wildman–Crippen MR) is 108 cm³/mol. The number of amides is 2. The molecule has 0 aromatic heterocycles. The van der Waals surface area contributed by atoms with E-state index in [2.05, 4.69) is 10.0 Å². The fourth-order valence-corrected chi connectivity index (χ4v) is 3.15. The molecule has 9 heteroatoms. The Bertz CT molecular complexity index is 931. The third-order valence-corrected chi connectivity index (χ3v) is 4.49. The van der Waals surface area contributed by atoms with E-state index in [4.69, 9.17) is 9.47 Å². The normalized spacial score (nSPS) is 10.9. The van der Waals surface area contributed by atoms with Gasteiger partial charge >= 0.3 is 6.03 Å². The van der Waals surface area contributed by atoms with E-state index in [9.17, 15) is 13.2 Å². The molecule has 0 aliphatic carbocycles. The molecule has 0 spiro atoms. The van der Waals surface area contributed by atoms with Gasteiger partial charge in [0.1, 0.15) is 0 Å². The number of carbonyl (C=O) groups is 1. The molecule has 2 amide bonds. The number of nitrogens with zero attached hydrogens (tertiary/aromatic N) is 1. The van der Waals surface area contributed by atoms with Crippen molar-refractivity contribution in [3.8, 4) is 11.5 Å². The van der Waals surface area contributed by atoms with Gasteiger partial charge in [-0.15, -0.1) is 0 Å². The van der Waals surface area contributed by atoms with Crippen molar-refractivity contribution >= 4 is 21.7 Å². The lowest BCUT2D eigenvalue weighted by atomic mass is 10.2. The molecule has 2 aromatic rings. The van der Waals surface area contributed by atoms with Gasteiger partial charge < -0.3 is 19.7 Å². The molecule has 2 aromatic carbocycles. The molecule has 0 radical (unpaired) electrons. The van der Waals surface area contributed by atoms with Crippen molar-refractivity contribution in [3.05, 3.63) is 53.6 Å². The Morgan fingerprint density at radius 2 is 1.75 bits per heavy atom. The molecule has 0 atom stereocenters. The van der Waals surface area contributed by atoms with Crippen LogP contribution in [0.25, 0.3) is 0 Å². The fraction of sp³-hybridized carbons (Fsp3) is 0.316. The van der Waals surface area contributed by atoms with Gasteiger partial charge in [0.25, 0.3) is 0 Å². The molecule has 2 rings (SSSR count). The van der Waals surface area contributed by atoms with Crippen molar-refractivity contribution in [2.24, 2.45) is 0 Å². The lowest BCUT2D eigenvalue weighted by Gasteiger charge is -2.19. The quantitative estimate of drug-likeness (QED) is 0.700. The zero-order valence-corrected chi connectivity index (χ0v) is 17.2. The number of hydrogen-bond acceptors (Lipinski definition) is 5. The summed E-state index contributed by atoms with van der Waals surface area (Å²) in [7, 11) is 1.47. The van der Waals surface area contributed by atoms with Crippen molar-refractivity contribution in [1.82, 2.24) is 10.2 Å². The van der Waals surface area contributed by atoms with Crippen LogP contribution in [0.2, 0.25) is 0 Å². The molecule has 0 aliphatic heterocycles. The highest BCUT2D eigenvalue weighted by atomic mass is 32.2. The first kappa shape index (κ1) is 21.4. The minimum Gasteiger partial charge on any atom is -0.493 e. The molecule has 2 N–H and O–H groups in total. The lowest BCUT2D eigenvalue weighted by molar-refractivity contribution is 0.206.